The largest absolute Gasteiger partial charge is 0.481 e. The second kappa shape index (κ2) is 7.65. The number of hydrogen-bond acceptors (Lipinski definition) is 4. The first kappa shape index (κ1) is 22.2. The van der Waals surface area contributed by atoms with E-state index >= 15 is 0 Å². The van der Waals surface area contributed by atoms with Crippen LogP contribution in [0.5, 0.6) is 5.88 Å². The van der Waals surface area contributed by atoms with Gasteiger partial charge in [-0.05, 0) is 54.2 Å². The van der Waals surface area contributed by atoms with Gasteiger partial charge in [0.1, 0.15) is 5.82 Å². The average Bonchev–Trinajstić information content (AvgIpc) is 3.03. The van der Waals surface area contributed by atoms with Crippen LogP contribution >= 0.6 is 0 Å². The molecule has 1 aliphatic rings. The van der Waals surface area contributed by atoms with Gasteiger partial charge < -0.3 is 9.84 Å². The summed E-state index contributed by atoms with van der Waals surface area (Å²) in [5.41, 5.74) is -3.07. The summed E-state index contributed by atoms with van der Waals surface area (Å²) in [4.78, 5) is 8.45. The SMILES string of the molecule is COc1ccc2c(n1)=CC(CC(O)(CC(C)(C)c1cc(F)ccc1C)C(F)(F)F)N=2. The molecule has 30 heavy (non-hydrogen) atoms. The zero-order valence-corrected chi connectivity index (χ0v) is 17.2. The number of aryl methyl sites for hydroxylation is 1. The highest BCUT2D eigenvalue weighted by atomic mass is 19.4. The molecular weight excluding hydrogens is 400 g/mol. The molecule has 2 aromatic rings. The molecule has 162 valence electrons. The van der Waals surface area contributed by atoms with Crippen LogP contribution in [0.4, 0.5) is 17.6 Å². The Hall–Kier alpha value is -2.48. The van der Waals surface area contributed by atoms with Crippen molar-refractivity contribution in [1.82, 2.24) is 4.98 Å². The summed E-state index contributed by atoms with van der Waals surface area (Å²) in [6, 6.07) is 6.31. The number of alkyl halides is 3. The molecule has 2 atom stereocenters. The lowest BCUT2D eigenvalue weighted by Gasteiger charge is -2.39. The molecule has 1 aromatic heterocycles. The fraction of sp³-hybridized carbons (Fsp3) is 0.455. The predicted octanol–water partition coefficient (Wildman–Crippen LogP) is 3.37. The number of halogens is 4. The monoisotopic (exact) mass is 424 g/mol. The van der Waals surface area contributed by atoms with Crippen molar-refractivity contribution in [2.75, 3.05) is 7.11 Å². The van der Waals surface area contributed by atoms with Crippen molar-refractivity contribution in [2.24, 2.45) is 4.99 Å². The van der Waals surface area contributed by atoms with Gasteiger partial charge in [-0.3, -0.25) is 4.99 Å². The van der Waals surface area contributed by atoms with Gasteiger partial charge in [-0.2, -0.15) is 13.2 Å². The lowest BCUT2D eigenvalue weighted by atomic mass is 9.72. The summed E-state index contributed by atoms with van der Waals surface area (Å²) in [5, 5.41) is 11.7. The minimum atomic E-state index is -4.89. The molecule has 0 spiro atoms. The number of benzene rings is 1. The Labute approximate surface area is 171 Å². The van der Waals surface area contributed by atoms with Crippen LogP contribution in [-0.2, 0) is 5.41 Å². The highest BCUT2D eigenvalue weighted by molar-refractivity contribution is 5.36. The zero-order chi connectivity index (χ0) is 22.3. The van der Waals surface area contributed by atoms with E-state index in [0.717, 1.165) is 0 Å². The highest BCUT2D eigenvalue weighted by Crippen LogP contribution is 2.44. The number of methoxy groups -OCH3 is 1. The molecule has 8 heteroatoms. The van der Waals surface area contributed by atoms with Crippen molar-refractivity contribution in [1.29, 1.82) is 0 Å². The van der Waals surface area contributed by atoms with Crippen molar-refractivity contribution in [2.45, 2.75) is 56.8 Å². The molecule has 2 heterocycles. The fourth-order valence-corrected chi connectivity index (χ4v) is 4.08. The maximum Gasteiger partial charge on any atom is 0.417 e. The summed E-state index contributed by atoms with van der Waals surface area (Å²) < 4.78 is 60.8. The van der Waals surface area contributed by atoms with Crippen LogP contribution in [0.1, 0.15) is 37.8 Å². The second-order valence-electron chi connectivity index (χ2n) is 8.37. The van der Waals surface area contributed by atoms with Gasteiger partial charge in [0.2, 0.25) is 5.88 Å². The van der Waals surface area contributed by atoms with Crippen LogP contribution in [-0.4, -0.2) is 35.0 Å². The second-order valence-corrected chi connectivity index (χ2v) is 8.37. The van der Waals surface area contributed by atoms with Gasteiger partial charge >= 0.3 is 6.18 Å². The first-order valence-corrected chi connectivity index (χ1v) is 9.51. The Balaban J connectivity index is 1.94. The van der Waals surface area contributed by atoms with E-state index in [-0.39, 0.29) is 0 Å². The molecule has 1 aromatic carbocycles. The normalized spacial score (nSPS) is 18.2. The number of aromatic nitrogens is 1. The van der Waals surface area contributed by atoms with Crippen molar-refractivity contribution in [3.05, 3.63) is 58.0 Å². The average molecular weight is 424 g/mol. The highest BCUT2D eigenvalue weighted by Gasteiger charge is 2.56. The number of fused-ring (bicyclic) bond motifs is 1. The number of aliphatic hydroxyl groups is 1. The summed E-state index contributed by atoms with van der Waals surface area (Å²) in [6.45, 7) is 4.85. The zero-order valence-electron chi connectivity index (χ0n) is 17.2. The summed E-state index contributed by atoms with van der Waals surface area (Å²) in [5.74, 6) is -0.205. The van der Waals surface area contributed by atoms with Crippen LogP contribution in [0.2, 0.25) is 0 Å². The maximum atomic E-state index is 14.0. The van der Waals surface area contributed by atoms with Crippen LogP contribution in [0.15, 0.2) is 35.3 Å². The number of pyridine rings is 1. The standard InChI is InChI=1S/C22H24F4N2O2/c1-13-5-6-14(23)9-16(13)20(2,3)12-21(29,22(24,25)26)11-15-10-18-17(27-15)7-8-19(28-18)30-4/h5-10,15,29H,11-12H2,1-4H3. The number of nitrogens with zero attached hydrogens (tertiary/aromatic N) is 2. The van der Waals surface area contributed by atoms with E-state index in [1.807, 2.05) is 0 Å². The Bertz CT molecular complexity index is 1070. The third-order valence-electron chi connectivity index (χ3n) is 5.48. The quantitative estimate of drug-likeness (QED) is 0.724. The fourth-order valence-electron chi connectivity index (χ4n) is 4.08. The molecule has 0 amide bonds. The maximum absolute atomic E-state index is 14.0. The molecule has 0 saturated carbocycles. The van der Waals surface area contributed by atoms with Gasteiger partial charge in [-0.1, -0.05) is 19.9 Å². The van der Waals surface area contributed by atoms with E-state index in [1.165, 1.54) is 31.4 Å². The first-order valence-electron chi connectivity index (χ1n) is 9.51. The molecule has 0 radical (unpaired) electrons. The van der Waals surface area contributed by atoms with Crippen LogP contribution in [0, 0.1) is 12.7 Å². The lowest BCUT2D eigenvalue weighted by Crippen LogP contribution is -2.50. The van der Waals surface area contributed by atoms with Crippen LogP contribution in [0.25, 0.3) is 6.08 Å². The third-order valence-corrected chi connectivity index (χ3v) is 5.48. The van der Waals surface area contributed by atoms with E-state index < -0.39 is 41.9 Å². The molecule has 0 fully saturated rings. The lowest BCUT2D eigenvalue weighted by molar-refractivity contribution is -0.269. The molecule has 1 N–H and O–H groups in total. The van der Waals surface area contributed by atoms with E-state index in [1.54, 1.807) is 32.9 Å². The van der Waals surface area contributed by atoms with E-state index in [4.69, 9.17) is 4.74 Å². The Morgan fingerprint density at radius 3 is 2.47 bits per heavy atom. The van der Waals surface area contributed by atoms with Gasteiger partial charge in [0, 0.05) is 12.5 Å². The Morgan fingerprint density at radius 1 is 1.13 bits per heavy atom. The van der Waals surface area contributed by atoms with Gasteiger partial charge in [-0.15, -0.1) is 0 Å². The van der Waals surface area contributed by atoms with Crippen molar-refractivity contribution in [3.8, 4) is 5.88 Å². The Morgan fingerprint density at radius 2 is 1.83 bits per heavy atom. The van der Waals surface area contributed by atoms with E-state index in [2.05, 4.69) is 9.98 Å². The molecule has 4 nitrogen and oxygen atoms in total. The van der Waals surface area contributed by atoms with E-state index in [9.17, 15) is 22.7 Å². The molecule has 1 aliphatic heterocycles. The number of ether oxygens (including phenoxy) is 1. The molecule has 2 unspecified atom stereocenters. The van der Waals surface area contributed by atoms with Crippen LogP contribution < -0.4 is 15.4 Å². The van der Waals surface area contributed by atoms with Gasteiger partial charge in [0.25, 0.3) is 0 Å². The topological polar surface area (TPSA) is 54.7 Å². The predicted molar refractivity (Wildman–Crippen MR) is 104 cm³/mol. The summed E-state index contributed by atoms with van der Waals surface area (Å²) in [6.07, 6.45) is -4.70. The molecule has 0 saturated heterocycles. The van der Waals surface area contributed by atoms with Gasteiger partial charge in [-0.25, -0.2) is 9.37 Å². The minimum absolute atomic E-state index is 0.328. The summed E-state index contributed by atoms with van der Waals surface area (Å²) >= 11 is 0. The van der Waals surface area contributed by atoms with Crippen molar-refractivity contribution in [3.63, 3.8) is 0 Å². The number of rotatable bonds is 6. The molecule has 3 rings (SSSR count). The molecule has 0 bridgehead atoms. The molecular formula is C22H24F4N2O2. The first-order chi connectivity index (χ1) is 13.8. The Kier molecular flexibility index (Phi) is 5.66. The van der Waals surface area contributed by atoms with Gasteiger partial charge in [0.05, 0.1) is 23.9 Å². The van der Waals surface area contributed by atoms with Crippen molar-refractivity contribution < 1.29 is 27.4 Å². The summed E-state index contributed by atoms with van der Waals surface area (Å²) in [7, 11) is 1.44. The third kappa shape index (κ3) is 4.33. The minimum Gasteiger partial charge on any atom is -0.481 e. The van der Waals surface area contributed by atoms with E-state index in [0.29, 0.717) is 27.7 Å². The molecule has 0 aliphatic carbocycles. The van der Waals surface area contributed by atoms with Crippen molar-refractivity contribution >= 4 is 6.08 Å². The van der Waals surface area contributed by atoms with Gasteiger partial charge in [0.15, 0.2) is 5.60 Å². The number of hydrogen-bond donors (Lipinski definition) is 1. The van der Waals surface area contributed by atoms with Crippen LogP contribution in [0.3, 0.4) is 0 Å². The smallest absolute Gasteiger partial charge is 0.417 e.